The Morgan fingerprint density at radius 3 is 2.29 bits per heavy atom. The van der Waals surface area contributed by atoms with E-state index >= 15 is 0 Å². The lowest BCUT2D eigenvalue weighted by Crippen LogP contribution is -2.04. The lowest BCUT2D eigenvalue weighted by atomic mass is 9.99. The number of carboxylic acid groups (broad SMARTS) is 2. The minimum atomic E-state index is -1.18. The predicted molar refractivity (Wildman–Crippen MR) is 62.3 cm³/mol. The maximum Gasteiger partial charge on any atom is 0.336 e. The van der Waals surface area contributed by atoms with Gasteiger partial charge in [-0.1, -0.05) is 12.1 Å². The molecular weight excluding hydrogens is 222 g/mol. The zero-order valence-electron chi connectivity index (χ0n) is 8.68. The summed E-state index contributed by atoms with van der Waals surface area (Å²) in [5, 5.41) is 18.8. The number of hydrogen-bond acceptors (Lipinski definition) is 3. The van der Waals surface area contributed by atoms with Crippen LogP contribution in [0.2, 0.25) is 0 Å². The van der Waals surface area contributed by atoms with Crippen molar-refractivity contribution in [2.45, 2.75) is 0 Å². The predicted octanol–water partition coefficient (Wildman–Crippen LogP) is 1.82. The second-order valence-corrected chi connectivity index (χ2v) is 3.58. The van der Waals surface area contributed by atoms with Crippen LogP contribution < -0.4 is 5.73 Å². The summed E-state index contributed by atoms with van der Waals surface area (Å²) in [5.74, 6) is -2.36. The molecule has 0 saturated carbocycles. The van der Waals surface area contributed by atoms with Gasteiger partial charge in [0.25, 0.3) is 0 Å². The number of nitrogens with two attached hydrogens (primary N) is 1. The molecule has 2 aromatic carbocycles. The number of carbonyl (C=O) groups is 2. The van der Waals surface area contributed by atoms with Crippen molar-refractivity contribution in [3.8, 4) is 0 Å². The zero-order valence-corrected chi connectivity index (χ0v) is 8.68. The fourth-order valence-corrected chi connectivity index (χ4v) is 1.71. The van der Waals surface area contributed by atoms with E-state index in [1.54, 1.807) is 18.2 Å². The van der Waals surface area contributed by atoms with Gasteiger partial charge in [0, 0.05) is 11.1 Å². The van der Waals surface area contributed by atoms with Crippen molar-refractivity contribution < 1.29 is 19.8 Å². The van der Waals surface area contributed by atoms with Gasteiger partial charge >= 0.3 is 11.9 Å². The summed E-state index contributed by atoms with van der Waals surface area (Å²) >= 11 is 0. The topological polar surface area (TPSA) is 101 Å². The van der Waals surface area contributed by atoms with Crippen LogP contribution in [0.1, 0.15) is 20.7 Å². The number of rotatable bonds is 2. The molecule has 0 atom stereocenters. The van der Waals surface area contributed by atoms with E-state index in [4.69, 9.17) is 15.9 Å². The first-order chi connectivity index (χ1) is 8.00. The van der Waals surface area contributed by atoms with E-state index in [1.165, 1.54) is 6.07 Å². The number of nitrogen functional groups attached to an aromatic ring is 1. The minimum Gasteiger partial charge on any atom is -0.478 e. The maximum absolute atomic E-state index is 11.1. The Morgan fingerprint density at radius 1 is 1.00 bits per heavy atom. The second-order valence-electron chi connectivity index (χ2n) is 3.58. The Hall–Kier alpha value is -2.56. The Labute approximate surface area is 96.1 Å². The molecule has 0 aliphatic carbocycles. The highest BCUT2D eigenvalue weighted by molar-refractivity contribution is 6.10. The molecule has 5 nitrogen and oxygen atoms in total. The Bertz CT molecular complexity index is 634. The number of anilines is 1. The van der Waals surface area contributed by atoms with Gasteiger partial charge < -0.3 is 15.9 Å². The number of carboxylic acids is 2. The van der Waals surface area contributed by atoms with Crippen LogP contribution in [0.15, 0.2) is 30.3 Å². The number of benzene rings is 2. The average molecular weight is 231 g/mol. The van der Waals surface area contributed by atoms with Gasteiger partial charge in [-0.25, -0.2) is 9.59 Å². The van der Waals surface area contributed by atoms with Crippen molar-refractivity contribution in [2.75, 3.05) is 5.73 Å². The first kappa shape index (κ1) is 10.9. The van der Waals surface area contributed by atoms with E-state index < -0.39 is 11.9 Å². The quantitative estimate of drug-likeness (QED) is 0.684. The normalized spacial score (nSPS) is 10.4. The molecule has 0 radical (unpaired) electrons. The van der Waals surface area contributed by atoms with E-state index in [1.807, 2.05) is 0 Å². The SMILES string of the molecule is Nc1cccc2c(C(=O)O)cc(C(=O)O)cc12. The molecule has 0 spiro atoms. The summed E-state index contributed by atoms with van der Waals surface area (Å²) in [5.41, 5.74) is 5.91. The lowest BCUT2D eigenvalue weighted by molar-refractivity contribution is 0.0696. The Morgan fingerprint density at radius 2 is 1.71 bits per heavy atom. The summed E-state index contributed by atoms with van der Waals surface area (Å²) in [6.07, 6.45) is 0. The molecular formula is C12H9NO4. The lowest BCUT2D eigenvalue weighted by Gasteiger charge is -2.07. The molecule has 5 heteroatoms. The molecule has 17 heavy (non-hydrogen) atoms. The van der Waals surface area contributed by atoms with Crippen LogP contribution in [0.5, 0.6) is 0 Å². The van der Waals surface area contributed by atoms with Crippen LogP contribution in [0.3, 0.4) is 0 Å². The van der Waals surface area contributed by atoms with Crippen molar-refractivity contribution in [1.29, 1.82) is 0 Å². The molecule has 0 bridgehead atoms. The zero-order chi connectivity index (χ0) is 12.6. The van der Waals surface area contributed by atoms with Gasteiger partial charge in [0.05, 0.1) is 11.1 Å². The summed E-state index contributed by atoms with van der Waals surface area (Å²) in [7, 11) is 0. The van der Waals surface area contributed by atoms with Crippen molar-refractivity contribution >= 4 is 28.4 Å². The van der Waals surface area contributed by atoms with Gasteiger partial charge in [-0.15, -0.1) is 0 Å². The Kier molecular flexibility index (Phi) is 2.44. The van der Waals surface area contributed by atoms with Gasteiger partial charge in [0.15, 0.2) is 0 Å². The second kappa shape index (κ2) is 3.79. The number of fused-ring (bicyclic) bond motifs is 1. The standard InChI is InChI=1S/C12H9NO4/c13-10-3-1-2-7-8(10)4-6(11(14)15)5-9(7)12(16)17/h1-5H,13H2,(H,14,15)(H,16,17). The van der Waals surface area contributed by atoms with Gasteiger partial charge in [0.1, 0.15) is 0 Å². The molecule has 0 aromatic heterocycles. The van der Waals surface area contributed by atoms with Crippen LogP contribution >= 0.6 is 0 Å². The molecule has 0 aliphatic rings. The molecule has 0 unspecified atom stereocenters. The van der Waals surface area contributed by atoms with Gasteiger partial charge in [0.2, 0.25) is 0 Å². The summed E-state index contributed by atoms with van der Waals surface area (Å²) in [6, 6.07) is 7.33. The van der Waals surface area contributed by atoms with Crippen LogP contribution in [0.4, 0.5) is 5.69 Å². The summed E-state index contributed by atoms with van der Waals surface area (Å²) < 4.78 is 0. The van der Waals surface area contributed by atoms with Crippen molar-refractivity contribution in [3.63, 3.8) is 0 Å². The molecule has 2 aromatic rings. The van der Waals surface area contributed by atoms with Gasteiger partial charge in [-0.05, 0) is 23.6 Å². The average Bonchev–Trinajstić information content (AvgIpc) is 2.28. The molecule has 0 amide bonds. The van der Waals surface area contributed by atoms with E-state index in [-0.39, 0.29) is 11.1 Å². The minimum absolute atomic E-state index is 0.0628. The third-order valence-corrected chi connectivity index (χ3v) is 2.51. The molecule has 4 N–H and O–H groups in total. The Balaban J connectivity index is 2.91. The van der Waals surface area contributed by atoms with Crippen LogP contribution in [0, 0.1) is 0 Å². The highest BCUT2D eigenvalue weighted by Crippen LogP contribution is 2.26. The highest BCUT2D eigenvalue weighted by atomic mass is 16.4. The molecule has 0 fully saturated rings. The third kappa shape index (κ3) is 1.78. The third-order valence-electron chi connectivity index (χ3n) is 2.51. The molecule has 0 heterocycles. The molecule has 0 saturated heterocycles. The first-order valence-corrected chi connectivity index (χ1v) is 4.79. The van der Waals surface area contributed by atoms with E-state index in [0.29, 0.717) is 16.5 Å². The molecule has 0 aliphatic heterocycles. The highest BCUT2D eigenvalue weighted by Gasteiger charge is 2.14. The monoisotopic (exact) mass is 231 g/mol. The largest absolute Gasteiger partial charge is 0.478 e. The van der Waals surface area contributed by atoms with Crippen LogP contribution in [0.25, 0.3) is 10.8 Å². The van der Waals surface area contributed by atoms with Crippen molar-refractivity contribution in [3.05, 3.63) is 41.5 Å². The van der Waals surface area contributed by atoms with Crippen LogP contribution in [-0.4, -0.2) is 22.2 Å². The van der Waals surface area contributed by atoms with Gasteiger partial charge in [-0.2, -0.15) is 0 Å². The summed E-state index contributed by atoms with van der Waals surface area (Å²) in [4.78, 5) is 22.0. The van der Waals surface area contributed by atoms with Crippen molar-refractivity contribution in [1.82, 2.24) is 0 Å². The van der Waals surface area contributed by atoms with E-state index in [0.717, 1.165) is 6.07 Å². The van der Waals surface area contributed by atoms with Gasteiger partial charge in [-0.3, -0.25) is 0 Å². The molecule has 2 rings (SSSR count). The van der Waals surface area contributed by atoms with E-state index in [2.05, 4.69) is 0 Å². The summed E-state index contributed by atoms with van der Waals surface area (Å²) in [6.45, 7) is 0. The number of hydrogen-bond donors (Lipinski definition) is 3. The van der Waals surface area contributed by atoms with E-state index in [9.17, 15) is 9.59 Å². The van der Waals surface area contributed by atoms with Crippen LogP contribution in [-0.2, 0) is 0 Å². The first-order valence-electron chi connectivity index (χ1n) is 4.79. The fraction of sp³-hybridized carbons (Fsp3) is 0. The smallest absolute Gasteiger partial charge is 0.336 e. The molecule has 86 valence electrons. The number of aromatic carboxylic acids is 2. The maximum atomic E-state index is 11.1. The van der Waals surface area contributed by atoms with Crippen molar-refractivity contribution in [2.24, 2.45) is 0 Å². The fourth-order valence-electron chi connectivity index (χ4n) is 1.71.